The van der Waals surface area contributed by atoms with Crippen molar-refractivity contribution >= 4 is 0 Å². The van der Waals surface area contributed by atoms with Crippen LogP contribution in [0.15, 0.2) is 18.2 Å². The molecule has 106 valence electrons. The highest BCUT2D eigenvalue weighted by Gasteiger charge is 2.25. The first-order valence-corrected chi connectivity index (χ1v) is 6.66. The maximum absolute atomic E-state index is 10.2. The van der Waals surface area contributed by atoms with Crippen molar-refractivity contribution in [2.75, 3.05) is 20.3 Å². The van der Waals surface area contributed by atoms with Gasteiger partial charge in [-0.1, -0.05) is 12.1 Å². The third kappa shape index (κ3) is 3.39. The lowest BCUT2D eigenvalue weighted by Gasteiger charge is -2.27. The van der Waals surface area contributed by atoms with Gasteiger partial charge in [0, 0.05) is 12.2 Å². The van der Waals surface area contributed by atoms with Crippen molar-refractivity contribution in [1.82, 2.24) is 0 Å². The lowest BCUT2D eigenvalue weighted by molar-refractivity contribution is 0.00591. The van der Waals surface area contributed by atoms with Crippen LogP contribution in [0.4, 0.5) is 0 Å². The number of methoxy groups -OCH3 is 1. The molecule has 1 unspecified atom stereocenters. The average Bonchev–Trinajstić information content (AvgIpc) is 2.38. The van der Waals surface area contributed by atoms with Gasteiger partial charge in [-0.3, -0.25) is 0 Å². The van der Waals surface area contributed by atoms with Gasteiger partial charge in [-0.15, -0.1) is 0 Å². The number of aliphatic hydroxyl groups is 1. The maximum Gasteiger partial charge on any atom is 0.166 e. The van der Waals surface area contributed by atoms with Crippen LogP contribution < -0.4 is 9.47 Å². The lowest BCUT2D eigenvalue weighted by atomic mass is 9.97. The van der Waals surface area contributed by atoms with E-state index in [9.17, 15) is 5.11 Å². The second-order valence-electron chi connectivity index (χ2n) is 5.35. The van der Waals surface area contributed by atoms with E-state index < -0.39 is 5.60 Å². The molecule has 1 aromatic carbocycles. The Bertz CT molecular complexity index is 417. The zero-order valence-corrected chi connectivity index (χ0v) is 11.8. The highest BCUT2D eigenvalue weighted by Crippen LogP contribution is 2.38. The molecule has 0 amide bonds. The molecule has 0 aromatic heterocycles. The molecule has 2 rings (SSSR count). The van der Waals surface area contributed by atoms with Gasteiger partial charge in [-0.25, -0.2) is 0 Å². The van der Waals surface area contributed by atoms with Crippen LogP contribution in [-0.2, 0) is 10.3 Å². The second-order valence-corrected chi connectivity index (χ2v) is 5.35. The molecule has 0 aliphatic carbocycles. The summed E-state index contributed by atoms with van der Waals surface area (Å²) in [5.41, 5.74) is -0.238. The van der Waals surface area contributed by atoms with Crippen molar-refractivity contribution < 1.29 is 19.3 Å². The summed E-state index contributed by atoms with van der Waals surface area (Å²) < 4.78 is 16.8. The van der Waals surface area contributed by atoms with E-state index in [1.807, 2.05) is 18.2 Å². The van der Waals surface area contributed by atoms with Gasteiger partial charge >= 0.3 is 0 Å². The topological polar surface area (TPSA) is 47.9 Å². The highest BCUT2D eigenvalue weighted by atomic mass is 16.5. The Hall–Kier alpha value is -1.26. The van der Waals surface area contributed by atoms with Gasteiger partial charge in [0.2, 0.25) is 0 Å². The Morgan fingerprint density at radius 1 is 1.37 bits per heavy atom. The maximum atomic E-state index is 10.2. The monoisotopic (exact) mass is 266 g/mol. The average molecular weight is 266 g/mol. The fourth-order valence-corrected chi connectivity index (χ4v) is 2.28. The van der Waals surface area contributed by atoms with Gasteiger partial charge in [-0.2, -0.15) is 0 Å². The zero-order valence-electron chi connectivity index (χ0n) is 11.8. The van der Waals surface area contributed by atoms with Crippen LogP contribution in [0, 0.1) is 0 Å². The van der Waals surface area contributed by atoms with Crippen LogP contribution in [0.1, 0.15) is 32.3 Å². The highest BCUT2D eigenvalue weighted by molar-refractivity contribution is 5.49. The third-order valence-corrected chi connectivity index (χ3v) is 3.25. The first-order chi connectivity index (χ1) is 9.02. The molecule has 1 fully saturated rings. The number of ether oxygens (including phenoxy) is 3. The number of hydrogen-bond acceptors (Lipinski definition) is 4. The Morgan fingerprint density at radius 3 is 2.74 bits per heavy atom. The van der Waals surface area contributed by atoms with E-state index in [1.165, 1.54) is 0 Å². The van der Waals surface area contributed by atoms with Crippen molar-refractivity contribution in [3.63, 3.8) is 0 Å². The van der Waals surface area contributed by atoms with Gasteiger partial charge in [0.15, 0.2) is 11.5 Å². The van der Waals surface area contributed by atoms with Crippen LogP contribution in [0.25, 0.3) is 0 Å². The van der Waals surface area contributed by atoms with Gasteiger partial charge in [-0.05, 0) is 32.8 Å². The van der Waals surface area contributed by atoms with Crippen LogP contribution in [-0.4, -0.2) is 31.5 Å². The number of rotatable bonds is 4. The summed E-state index contributed by atoms with van der Waals surface area (Å²) in [7, 11) is 1.59. The minimum Gasteiger partial charge on any atom is -0.492 e. The molecule has 1 saturated heterocycles. The van der Waals surface area contributed by atoms with Crippen molar-refractivity contribution in [3.8, 4) is 11.5 Å². The van der Waals surface area contributed by atoms with Crippen LogP contribution in [0.5, 0.6) is 11.5 Å². The normalized spacial score (nSPS) is 20.1. The Morgan fingerprint density at radius 2 is 2.16 bits per heavy atom. The molecule has 19 heavy (non-hydrogen) atoms. The Balaban J connectivity index is 2.24. The van der Waals surface area contributed by atoms with Crippen LogP contribution in [0.3, 0.4) is 0 Å². The van der Waals surface area contributed by atoms with Crippen LogP contribution >= 0.6 is 0 Å². The first kappa shape index (κ1) is 14.2. The zero-order chi connectivity index (χ0) is 13.9. The van der Waals surface area contributed by atoms with Crippen molar-refractivity contribution in [1.29, 1.82) is 0 Å². The summed E-state index contributed by atoms with van der Waals surface area (Å²) in [6.07, 6.45) is 2.05. The fraction of sp³-hybridized carbons (Fsp3) is 0.600. The number of hydrogen-bond donors (Lipinski definition) is 1. The molecule has 0 saturated carbocycles. The largest absolute Gasteiger partial charge is 0.492 e. The van der Waals surface area contributed by atoms with Crippen LogP contribution in [0.2, 0.25) is 0 Å². The second kappa shape index (κ2) is 5.80. The minimum atomic E-state index is -0.965. The summed E-state index contributed by atoms with van der Waals surface area (Å²) >= 11 is 0. The third-order valence-electron chi connectivity index (χ3n) is 3.25. The standard InChI is InChI=1S/C15H22O4/c1-15(2,16)12-7-4-8-13(14(12)17-3)19-11-6-5-9-18-10-11/h4,7-8,11,16H,5-6,9-10H2,1-3H3. The smallest absolute Gasteiger partial charge is 0.166 e. The predicted molar refractivity (Wildman–Crippen MR) is 72.7 cm³/mol. The molecule has 0 bridgehead atoms. The predicted octanol–water partition coefficient (Wildman–Crippen LogP) is 2.48. The lowest BCUT2D eigenvalue weighted by Crippen LogP contribution is -2.28. The SMILES string of the molecule is COc1c(OC2CCCOC2)cccc1C(C)(C)O. The quantitative estimate of drug-likeness (QED) is 0.909. The van der Waals surface area contributed by atoms with E-state index in [4.69, 9.17) is 14.2 Å². The molecule has 1 aliphatic rings. The Labute approximate surface area is 114 Å². The molecular weight excluding hydrogens is 244 g/mol. The van der Waals surface area contributed by atoms with E-state index in [0.29, 0.717) is 18.1 Å². The summed E-state index contributed by atoms with van der Waals surface area (Å²) in [6, 6.07) is 5.58. The minimum absolute atomic E-state index is 0.0553. The molecule has 1 aromatic rings. The van der Waals surface area contributed by atoms with Crippen molar-refractivity contribution in [3.05, 3.63) is 23.8 Å². The van der Waals surface area contributed by atoms with E-state index in [-0.39, 0.29) is 6.10 Å². The van der Waals surface area contributed by atoms with Gasteiger partial charge in [0.25, 0.3) is 0 Å². The molecule has 0 radical (unpaired) electrons. The summed E-state index contributed by atoms with van der Waals surface area (Å²) in [5, 5.41) is 10.2. The summed E-state index contributed by atoms with van der Waals surface area (Å²) in [5.74, 6) is 1.26. The molecule has 1 N–H and O–H groups in total. The molecule has 1 atom stereocenters. The first-order valence-electron chi connectivity index (χ1n) is 6.66. The van der Waals surface area contributed by atoms with Gasteiger partial charge in [0.05, 0.1) is 19.3 Å². The fourth-order valence-electron chi connectivity index (χ4n) is 2.28. The number of para-hydroxylation sites is 1. The molecule has 1 heterocycles. The summed E-state index contributed by atoms with van der Waals surface area (Å²) in [4.78, 5) is 0. The van der Waals surface area contributed by atoms with E-state index in [0.717, 1.165) is 25.0 Å². The number of benzene rings is 1. The van der Waals surface area contributed by atoms with E-state index >= 15 is 0 Å². The molecule has 1 aliphatic heterocycles. The molecule has 4 nitrogen and oxygen atoms in total. The molecular formula is C15H22O4. The summed E-state index contributed by atoms with van der Waals surface area (Å²) in [6.45, 7) is 4.88. The molecule has 4 heteroatoms. The van der Waals surface area contributed by atoms with E-state index in [2.05, 4.69) is 0 Å². The van der Waals surface area contributed by atoms with E-state index in [1.54, 1.807) is 21.0 Å². The molecule has 0 spiro atoms. The van der Waals surface area contributed by atoms with Gasteiger partial charge < -0.3 is 19.3 Å². The Kier molecular flexibility index (Phi) is 4.32. The van der Waals surface area contributed by atoms with Crippen molar-refractivity contribution in [2.24, 2.45) is 0 Å². The van der Waals surface area contributed by atoms with Gasteiger partial charge in [0.1, 0.15) is 6.10 Å². The van der Waals surface area contributed by atoms with Crippen molar-refractivity contribution in [2.45, 2.75) is 38.4 Å².